The van der Waals surface area contributed by atoms with Crippen LogP contribution in [0.5, 0.6) is 0 Å². The highest BCUT2D eigenvalue weighted by Gasteiger charge is 2.30. The molecule has 0 saturated carbocycles. The average Bonchev–Trinajstić information content (AvgIpc) is 2.19. The summed E-state index contributed by atoms with van der Waals surface area (Å²) in [6, 6.07) is 0.135. The molecule has 0 aromatic rings. The van der Waals surface area contributed by atoms with Crippen molar-refractivity contribution in [1.29, 1.82) is 0 Å². The fraction of sp³-hybridized carbons (Fsp3) is 1.00. The van der Waals surface area contributed by atoms with Crippen molar-refractivity contribution in [3.63, 3.8) is 0 Å². The largest absolute Gasteiger partial charge is 0.395 e. The van der Waals surface area contributed by atoms with Crippen LogP contribution in [0.25, 0.3) is 0 Å². The lowest BCUT2D eigenvalue weighted by Crippen LogP contribution is -2.56. The summed E-state index contributed by atoms with van der Waals surface area (Å²) in [5, 5.41) is 9.43. The Balaban J connectivity index is 4.52. The summed E-state index contributed by atoms with van der Waals surface area (Å²) in [4.78, 5) is 2.22. The van der Waals surface area contributed by atoms with Crippen LogP contribution in [0.4, 0.5) is 0 Å². The molecule has 0 aliphatic carbocycles. The lowest BCUT2D eigenvalue weighted by Gasteiger charge is -2.42. The molecule has 0 aliphatic heterocycles. The van der Waals surface area contributed by atoms with Gasteiger partial charge in [0, 0.05) is 17.6 Å². The van der Waals surface area contributed by atoms with Crippen molar-refractivity contribution in [3.8, 4) is 0 Å². The van der Waals surface area contributed by atoms with Gasteiger partial charge in [-0.15, -0.1) is 0 Å². The molecule has 0 aromatic heterocycles. The van der Waals surface area contributed by atoms with Crippen LogP contribution in [-0.4, -0.2) is 41.3 Å². The monoisotopic (exact) mass is 216 g/mol. The summed E-state index contributed by atoms with van der Waals surface area (Å²) < 4.78 is 0. The first-order valence-electron chi connectivity index (χ1n) is 6.00. The van der Waals surface area contributed by atoms with Gasteiger partial charge in [0.05, 0.1) is 6.61 Å². The van der Waals surface area contributed by atoms with Gasteiger partial charge in [0.15, 0.2) is 0 Å². The molecule has 3 heteroatoms. The highest BCUT2D eigenvalue weighted by Crippen LogP contribution is 2.21. The van der Waals surface area contributed by atoms with E-state index in [2.05, 4.69) is 39.6 Å². The molecule has 2 unspecified atom stereocenters. The summed E-state index contributed by atoms with van der Waals surface area (Å²) >= 11 is 0. The van der Waals surface area contributed by atoms with Crippen molar-refractivity contribution in [3.05, 3.63) is 0 Å². The van der Waals surface area contributed by atoms with Crippen molar-refractivity contribution < 1.29 is 5.11 Å². The molecule has 0 heterocycles. The fourth-order valence-electron chi connectivity index (χ4n) is 1.77. The molecule has 0 amide bonds. The van der Waals surface area contributed by atoms with Crippen LogP contribution in [0.1, 0.15) is 47.0 Å². The number of likely N-dealkylation sites (N-methyl/N-ethyl adjacent to an activating group) is 1. The van der Waals surface area contributed by atoms with Crippen molar-refractivity contribution in [2.45, 2.75) is 64.6 Å². The minimum atomic E-state index is 0.0656. The minimum absolute atomic E-state index is 0.0656. The second-order valence-corrected chi connectivity index (χ2v) is 4.98. The Labute approximate surface area is 94.6 Å². The summed E-state index contributed by atoms with van der Waals surface area (Å²) in [5.74, 6) is 0. The van der Waals surface area contributed by atoms with E-state index >= 15 is 0 Å². The standard InChI is InChI=1S/C12H28N2O/c1-6-8-10(13)11(9-15)14(5)12(3,4)7-2/h10-11,15H,6-9,13H2,1-5H3. The van der Waals surface area contributed by atoms with E-state index in [9.17, 15) is 5.11 Å². The molecule has 0 aromatic carbocycles. The summed E-state index contributed by atoms with van der Waals surface area (Å²) in [5.41, 5.74) is 6.19. The maximum atomic E-state index is 9.43. The fourth-order valence-corrected chi connectivity index (χ4v) is 1.77. The Morgan fingerprint density at radius 3 is 2.20 bits per heavy atom. The number of aliphatic hydroxyl groups is 1. The Bertz CT molecular complexity index is 171. The van der Waals surface area contributed by atoms with E-state index in [4.69, 9.17) is 5.73 Å². The van der Waals surface area contributed by atoms with Gasteiger partial charge in [-0.2, -0.15) is 0 Å². The molecule has 2 atom stereocenters. The molecule has 0 aliphatic rings. The van der Waals surface area contributed by atoms with Gasteiger partial charge < -0.3 is 10.8 Å². The van der Waals surface area contributed by atoms with E-state index in [1.54, 1.807) is 0 Å². The second-order valence-electron chi connectivity index (χ2n) is 4.98. The van der Waals surface area contributed by atoms with Gasteiger partial charge in [0.2, 0.25) is 0 Å². The smallest absolute Gasteiger partial charge is 0.0602 e. The summed E-state index contributed by atoms with van der Waals surface area (Å²) in [6.07, 6.45) is 3.09. The summed E-state index contributed by atoms with van der Waals surface area (Å²) in [6.45, 7) is 8.80. The van der Waals surface area contributed by atoms with E-state index in [-0.39, 0.29) is 24.2 Å². The molecular formula is C12H28N2O. The van der Waals surface area contributed by atoms with Gasteiger partial charge >= 0.3 is 0 Å². The Morgan fingerprint density at radius 1 is 1.33 bits per heavy atom. The van der Waals surface area contributed by atoms with Crippen LogP contribution in [0.2, 0.25) is 0 Å². The van der Waals surface area contributed by atoms with Gasteiger partial charge in [-0.25, -0.2) is 0 Å². The first kappa shape index (κ1) is 14.9. The molecule has 0 fully saturated rings. The quantitative estimate of drug-likeness (QED) is 0.679. The van der Waals surface area contributed by atoms with Gasteiger partial charge in [0.1, 0.15) is 0 Å². The van der Waals surface area contributed by atoms with E-state index in [1.165, 1.54) is 0 Å². The average molecular weight is 216 g/mol. The molecule has 3 nitrogen and oxygen atoms in total. The first-order chi connectivity index (χ1) is 6.90. The van der Waals surface area contributed by atoms with Crippen molar-refractivity contribution in [2.24, 2.45) is 5.73 Å². The Kier molecular flexibility index (Phi) is 6.41. The van der Waals surface area contributed by atoms with Gasteiger partial charge in [0.25, 0.3) is 0 Å². The molecule has 0 spiro atoms. The van der Waals surface area contributed by atoms with Crippen LogP contribution >= 0.6 is 0 Å². The minimum Gasteiger partial charge on any atom is -0.395 e. The molecule has 15 heavy (non-hydrogen) atoms. The number of aliphatic hydroxyl groups excluding tert-OH is 1. The first-order valence-corrected chi connectivity index (χ1v) is 6.00. The van der Waals surface area contributed by atoms with E-state index in [1.807, 2.05) is 0 Å². The third-order valence-corrected chi connectivity index (χ3v) is 3.62. The van der Waals surface area contributed by atoms with E-state index in [0.29, 0.717) is 0 Å². The van der Waals surface area contributed by atoms with Crippen LogP contribution < -0.4 is 5.73 Å². The highest BCUT2D eigenvalue weighted by atomic mass is 16.3. The normalized spacial score (nSPS) is 16.8. The lowest BCUT2D eigenvalue weighted by molar-refractivity contribution is 0.0434. The lowest BCUT2D eigenvalue weighted by atomic mass is 9.94. The molecule has 0 saturated heterocycles. The SMILES string of the molecule is CCCC(N)C(CO)N(C)C(C)(C)CC. The number of hydrogen-bond donors (Lipinski definition) is 2. The number of nitrogens with zero attached hydrogens (tertiary/aromatic N) is 1. The molecule has 3 N–H and O–H groups in total. The maximum Gasteiger partial charge on any atom is 0.0602 e. The van der Waals surface area contributed by atoms with E-state index < -0.39 is 0 Å². The second kappa shape index (κ2) is 6.46. The zero-order chi connectivity index (χ0) is 12.1. The van der Waals surface area contributed by atoms with Gasteiger partial charge in [-0.3, -0.25) is 4.90 Å². The van der Waals surface area contributed by atoms with Crippen LogP contribution in [0.15, 0.2) is 0 Å². The topological polar surface area (TPSA) is 49.5 Å². The Morgan fingerprint density at radius 2 is 1.87 bits per heavy atom. The number of rotatable bonds is 7. The van der Waals surface area contributed by atoms with Crippen LogP contribution in [0.3, 0.4) is 0 Å². The van der Waals surface area contributed by atoms with Crippen molar-refractivity contribution in [1.82, 2.24) is 4.90 Å². The zero-order valence-electron chi connectivity index (χ0n) is 11.0. The molecule has 0 bridgehead atoms. The van der Waals surface area contributed by atoms with Crippen molar-refractivity contribution >= 4 is 0 Å². The van der Waals surface area contributed by atoms with Gasteiger partial charge in [-0.1, -0.05) is 20.3 Å². The third kappa shape index (κ3) is 4.09. The molecule has 92 valence electrons. The Hall–Kier alpha value is -0.120. The third-order valence-electron chi connectivity index (χ3n) is 3.62. The van der Waals surface area contributed by atoms with Crippen LogP contribution in [-0.2, 0) is 0 Å². The zero-order valence-corrected chi connectivity index (χ0v) is 11.0. The number of nitrogens with two attached hydrogens (primary N) is 1. The highest BCUT2D eigenvalue weighted by molar-refractivity contribution is 4.88. The molecule has 0 rings (SSSR count). The predicted molar refractivity (Wildman–Crippen MR) is 65.9 cm³/mol. The van der Waals surface area contributed by atoms with Crippen molar-refractivity contribution in [2.75, 3.05) is 13.7 Å². The predicted octanol–water partition coefficient (Wildman–Crippen LogP) is 1.60. The molecule has 0 radical (unpaired) electrons. The van der Waals surface area contributed by atoms with Crippen LogP contribution in [0, 0.1) is 0 Å². The molecular weight excluding hydrogens is 188 g/mol. The van der Waals surface area contributed by atoms with Gasteiger partial charge in [-0.05, 0) is 33.7 Å². The van der Waals surface area contributed by atoms with E-state index in [0.717, 1.165) is 19.3 Å². The summed E-state index contributed by atoms with van der Waals surface area (Å²) in [7, 11) is 2.06. The maximum absolute atomic E-state index is 9.43. The number of hydrogen-bond acceptors (Lipinski definition) is 3.